The highest BCUT2D eigenvalue weighted by atomic mass is 35.5. The van der Waals surface area contributed by atoms with Gasteiger partial charge in [-0.15, -0.1) is 0 Å². The smallest absolute Gasteiger partial charge is 0.337 e. The summed E-state index contributed by atoms with van der Waals surface area (Å²) in [5.41, 5.74) is 0.244. The molecule has 3 aromatic rings. The third kappa shape index (κ3) is 4.10. The number of anilines is 1. The number of Topliss-reactive ketones (excluding diaryl/α,β-unsaturated/α-hetero) is 1. The zero-order valence-corrected chi connectivity index (χ0v) is 19.7. The first-order valence-electron chi connectivity index (χ1n) is 10.3. The summed E-state index contributed by atoms with van der Waals surface area (Å²) in [4.78, 5) is 39.7. The van der Waals surface area contributed by atoms with Crippen LogP contribution in [0.4, 0.5) is 5.69 Å². The van der Waals surface area contributed by atoms with E-state index in [0.29, 0.717) is 5.75 Å². The van der Waals surface area contributed by atoms with Crippen molar-refractivity contribution in [3.8, 4) is 11.5 Å². The normalized spacial score (nSPS) is 16.9. The summed E-state index contributed by atoms with van der Waals surface area (Å²) in [5.74, 6) is -2.33. The maximum atomic E-state index is 13.3. The molecule has 0 saturated carbocycles. The number of rotatable bonds is 6. The molecule has 4 rings (SSSR count). The van der Waals surface area contributed by atoms with Gasteiger partial charge in [0.25, 0.3) is 11.7 Å². The Balaban J connectivity index is 1.94. The molecule has 180 valence electrons. The molecule has 1 aliphatic rings. The molecule has 1 aliphatic heterocycles. The Morgan fingerprint density at radius 2 is 1.77 bits per heavy atom. The number of hydrogen-bond donors (Lipinski definition) is 1. The average Bonchev–Trinajstić information content (AvgIpc) is 3.49. The summed E-state index contributed by atoms with van der Waals surface area (Å²) in [5, 5.41) is 11.5. The maximum absolute atomic E-state index is 13.3. The average molecular weight is 498 g/mol. The lowest BCUT2D eigenvalue weighted by Gasteiger charge is -2.24. The Labute approximate surface area is 205 Å². The van der Waals surface area contributed by atoms with Gasteiger partial charge in [0.15, 0.2) is 0 Å². The van der Waals surface area contributed by atoms with Crippen LogP contribution in [0, 0.1) is 0 Å². The lowest BCUT2D eigenvalue weighted by atomic mass is 9.98. The van der Waals surface area contributed by atoms with E-state index in [2.05, 4.69) is 0 Å². The van der Waals surface area contributed by atoms with E-state index in [1.54, 1.807) is 24.3 Å². The third-order valence-corrected chi connectivity index (χ3v) is 5.83. The lowest BCUT2D eigenvalue weighted by Crippen LogP contribution is -2.29. The summed E-state index contributed by atoms with van der Waals surface area (Å²) in [6.07, 6.45) is 1.38. The van der Waals surface area contributed by atoms with Gasteiger partial charge in [0.1, 0.15) is 29.1 Å². The van der Waals surface area contributed by atoms with Gasteiger partial charge in [0, 0.05) is 11.8 Å². The van der Waals surface area contributed by atoms with Gasteiger partial charge in [0.05, 0.1) is 49.3 Å². The fraction of sp³-hybridized carbons (Fsp3) is 0.160. The van der Waals surface area contributed by atoms with Crippen molar-refractivity contribution in [3.05, 3.63) is 82.3 Å². The number of carbonyl (C=O) groups excluding carboxylic acids is 3. The highest BCUT2D eigenvalue weighted by Gasteiger charge is 2.48. The quantitative estimate of drug-likeness (QED) is 0.231. The van der Waals surface area contributed by atoms with Crippen LogP contribution < -0.4 is 14.4 Å². The molecule has 1 fully saturated rings. The number of halogens is 1. The Hall–Kier alpha value is -4.24. The number of benzene rings is 2. The van der Waals surface area contributed by atoms with Gasteiger partial charge in [0.2, 0.25) is 0 Å². The number of furan rings is 1. The molecule has 1 saturated heterocycles. The molecule has 35 heavy (non-hydrogen) atoms. The first-order valence-corrected chi connectivity index (χ1v) is 10.6. The number of aliphatic hydroxyl groups excluding tert-OH is 1. The molecular formula is C25H20ClNO8. The number of carbonyl (C=O) groups is 3. The standard InChI is InChI=1S/C25H20ClNO8/c1-32-18-12-19(33-2)16(26)11-15(18)22(28)20-21(17-8-5-9-35-17)27(24(30)23(20)29)14-7-4-6-13(10-14)25(31)34-3/h4-12,21,28H,1-3H3/b22-20-. The van der Waals surface area contributed by atoms with Crippen molar-refractivity contribution in [2.24, 2.45) is 0 Å². The van der Waals surface area contributed by atoms with Crippen molar-refractivity contribution in [1.82, 2.24) is 0 Å². The van der Waals surface area contributed by atoms with Crippen molar-refractivity contribution < 1.29 is 38.1 Å². The molecule has 2 aromatic carbocycles. The summed E-state index contributed by atoms with van der Waals surface area (Å²) >= 11 is 6.26. The minimum atomic E-state index is -1.14. The van der Waals surface area contributed by atoms with Crippen LogP contribution in [0.1, 0.15) is 27.7 Å². The highest BCUT2D eigenvalue weighted by Crippen LogP contribution is 2.44. The molecule has 1 unspecified atom stereocenters. The van der Waals surface area contributed by atoms with E-state index in [9.17, 15) is 19.5 Å². The van der Waals surface area contributed by atoms with Crippen molar-refractivity contribution in [1.29, 1.82) is 0 Å². The molecule has 1 amide bonds. The summed E-state index contributed by atoms with van der Waals surface area (Å²) in [6.45, 7) is 0. The van der Waals surface area contributed by atoms with E-state index in [0.717, 1.165) is 4.90 Å². The Kier molecular flexibility index (Phi) is 6.52. The SMILES string of the molecule is COC(=O)c1cccc(N2C(=O)C(=O)/C(=C(\O)c3cc(Cl)c(OC)cc3OC)C2c2ccco2)c1. The van der Waals surface area contributed by atoms with Gasteiger partial charge in [-0.1, -0.05) is 17.7 Å². The maximum Gasteiger partial charge on any atom is 0.337 e. The molecule has 0 bridgehead atoms. The van der Waals surface area contributed by atoms with Crippen molar-refractivity contribution in [2.45, 2.75) is 6.04 Å². The van der Waals surface area contributed by atoms with Gasteiger partial charge in [-0.2, -0.15) is 0 Å². The fourth-order valence-corrected chi connectivity index (χ4v) is 4.15. The molecule has 10 heteroatoms. The Bertz CT molecular complexity index is 1350. The molecular weight excluding hydrogens is 478 g/mol. The van der Waals surface area contributed by atoms with Crippen molar-refractivity contribution >= 4 is 40.7 Å². The Morgan fingerprint density at radius 3 is 2.40 bits per heavy atom. The second-order valence-electron chi connectivity index (χ2n) is 7.41. The predicted octanol–water partition coefficient (Wildman–Crippen LogP) is 4.36. The first kappa shape index (κ1) is 23.9. The third-order valence-electron chi connectivity index (χ3n) is 5.53. The van der Waals surface area contributed by atoms with Gasteiger partial charge in [-0.25, -0.2) is 4.79 Å². The monoisotopic (exact) mass is 497 g/mol. The summed E-state index contributed by atoms with van der Waals surface area (Å²) < 4.78 is 20.8. The van der Waals surface area contributed by atoms with Gasteiger partial charge in [-0.05, 0) is 36.4 Å². The molecule has 0 radical (unpaired) electrons. The van der Waals surface area contributed by atoms with Crippen LogP contribution in [0.2, 0.25) is 5.02 Å². The number of aliphatic hydroxyl groups is 1. The summed E-state index contributed by atoms with van der Waals surface area (Å²) in [6, 6.07) is 10.9. The molecule has 0 aliphatic carbocycles. The second kappa shape index (κ2) is 9.55. The van der Waals surface area contributed by atoms with Crippen molar-refractivity contribution in [2.75, 3.05) is 26.2 Å². The van der Waals surface area contributed by atoms with Crippen LogP contribution in [-0.4, -0.2) is 44.1 Å². The minimum absolute atomic E-state index is 0.0798. The molecule has 2 heterocycles. The molecule has 0 spiro atoms. The van der Waals surface area contributed by atoms with E-state index in [4.69, 9.17) is 30.2 Å². The number of ketones is 1. The topological polar surface area (TPSA) is 116 Å². The largest absolute Gasteiger partial charge is 0.507 e. The number of nitrogens with zero attached hydrogens (tertiary/aromatic N) is 1. The summed E-state index contributed by atoms with van der Waals surface area (Å²) in [7, 11) is 4.03. The van der Waals surface area contributed by atoms with Gasteiger partial charge in [-0.3, -0.25) is 14.5 Å². The van der Waals surface area contributed by atoms with E-state index in [1.807, 2.05) is 0 Å². The Morgan fingerprint density at radius 1 is 1.03 bits per heavy atom. The van der Waals surface area contributed by atoms with E-state index < -0.39 is 29.5 Å². The van der Waals surface area contributed by atoms with Crippen LogP contribution in [-0.2, 0) is 14.3 Å². The zero-order valence-electron chi connectivity index (χ0n) is 18.9. The highest BCUT2D eigenvalue weighted by molar-refractivity contribution is 6.51. The minimum Gasteiger partial charge on any atom is -0.507 e. The van der Waals surface area contributed by atoms with Crippen molar-refractivity contribution in [3.63, 3.8) is 0 Å². The van der Waals surface area contributed by atoms with Crippen LogP contribution in [0.15, 0.2) is 64.8 Å². The molecule has 1 aromatic heterocycles. The molecule has 1 atom stereocenters. The first-order chi connectivity index (χ1) is 16.8. The van der Waals surface area contributed by atoms with Crippen LogP contribution in [0.3, 0.4) is 0 Å². The number of amides is 1. The number of ether oxygens (including phenoxy) is 3. The molecule has 9 nitrogen and oxygen atoms in total. The van der Waals surface area contributed by atoms with E-state index in [1.165, 1.54) is 51.9 Å². The number of methoxy groups -OCH3 is 3. The fourth-order valence-electron chi connectivity index (χ4n) is 3.91. The van der Waals surface area contributed by atoms with Crippen LogP contribution in [0.5, 0.6) is 11.5 Å². The van der Waals surface area contributed by atoms with E-state index in [-0.39, 0.29) is 38.9 Å². The van der Waals surface area contributed by atoms with Crippen LogP contribution in [0.25, 0.3) is 5.76 Å². The van der Waals surface area contributed by atoms with E-state index >= 15 is 0 Å². The second-order valence-corrected chi connectivity index (χ2v) is 7.82. The number of esters is 1. The van der Waals surface area contributed by atoms with Gasteiger partial charge >= 0.3 is 5.97 Å². The zero-order chi connectivity index (χ0) is 25.3. The molecule has 1 N–H and O–H groups in total. The van der Waals surface area contributed by atoms with Crippen LogP contribution >= 0.6 is 11.6 Å². The lowest BCUT2D eigenvalue weighted by molar-refractivity contribution is -0.132. The number of hydrogen-bond acceptors (Lipinski definition) is 8. The predicted molar refractivity (Wildman–Crippen MR) is 126 cm³/mol. The van der Waals surface area contributed by atoms with Gasteiger partial charge < -0.3 is 23.7 Å².